The van der Waals surface area contributed by atoms with Gasteiger partial charge in [-0.1, -0.05) is 12.2 Å². The average Bonchev–Trinajstić information content (AvgIpc) is 2.68. The molecular formula is C11H15F2NO3. The van der Waals surface area contributed by atoms with E-state index in [2.05, 4.69) is 11.3 Å². The molecule has 0 aromatic rings. The maximum atomic E-state index is 12.2. The fourth-order valence-electron chi connectivity index (χ4n) is 2.84. The molecule has 0 saturated carbocycles. The van der Waals surface area contributed by atoms with E-state index in [0.29, 0.717) is 19.5 Å². The van der Waals surface area contributed by atoms with Crippen molar-refractivity contribution in [2.75, 3.05) is 20.2 Å². The van der Waals surface area contributed by atoms with Gasteiger partial charge in [-0.05, 0) is 6.42 Å². The lowest BCUT2D eigenvalue weighted by Gasteiger charge is -2.27. The molecule has 2 rings (SSSR count). The van der Waals surface area contributed by atoms with E-state index in [0.717, 1.165) is 5.57 Å². The molecule has 0 radical (unpaired) electrons. The van der Waals surface area contributed by atoms with Crippen LogP contribution in [0.15, 0.2) is 12.2 Å². The molecule has 0 spiro atoms. The first kappa shape index (κ1) is 12.4. The minimum absolute atomic E-state index is 0.239. The van der Waals surface area contributed by atoms with Crippen molar-refractivity contribution < 1.29 is 23.0 Å². The molecule has 17 heavy (non-hydrogen) atoms. The molecule has 0 aliphatic carbocycles. The van der Waals surface area contributed by atoms with Crippen LogP contribution < -0.4 is 0 Å². The third-order valence-corrected chi connectivity index (χ3v) is 3.41. The van der Waals surface area contributed by atoms with Crippen LogP contribution in [0, 0.1) is 0 Å². The van der Waals surface area contributed by atoms with Gasteiger partial charge in [0.1, 0.15) is 5.54 Å². The molecule has 2 saturated heterocycles. The lowest BCUT2D eigenvalue weighted by atomic mass is 9.92. The molecule has 2 atom stereocenters. The molecule has 0 unspecified atom stereocenters. The lowest BCUT2D eigenvalue weighted by molar-refractivity contribution is -0.162. The number of fused-ring (bicyclic) bond motifs is 1. The largest absolute Gasteiger partial charge is 0.468 e. The van der Waals surface area contributed by atoms with Gasteiger partial charge in [0.15, 0.2) is 0 Å². The van der Waals surface area contributed by atoms with Gasteiger partial charge in [0.05, 0.1) is 13.2 Å². The summed E-state index contributed by atoms with van der Waals surface area (Å²) in [6.07, 6.45) is 0.0772. The predicted octanol–water partition coefficient (Wildman–Crippen LogP) is 1.17. The molecule has 2 heterocycles. The number of nitrogens with zero attached hydrogens (tertiary/aromatic N) is 1. The molecule has 2 fully saturated rings. The fourth-order valence-corrected chi connectivity index (χ4v) is 2.84. The standard InChI is InChI=1S/C11H15F2NO3/c1-7-3-11(9(15)16-2)4-8(17-10(12)13)6-14(11)5-7/h8,10H,1,3-6H2,2H3/t8-,11+/m0/s1. The number of halogens is 2. The van der Waals surface area contributed by atoms with Gasteiger partial charge in [0.2, 0.25) is 0 Å². The molecular weight excluding hydrogens is 232 g/mol. The maximum absolute atomic E-state index is 12.2. The SMILES string of the molecule is C=C1CN2C[C@@H](OC(F)F)C[C@@]2(C(=O)OC)C1. The summed E-state index contributed by atoms with van der Waals surface area (Å²) in [5.74, 6) is -0.392. The minimum Gasteiger partial charge on any atom is -0.468 e. The zero-order valence-corrected chi connectivity index (χ0v) is 9.62. The summed E-state index contributed by atoms with van der Waals surface area (Å²) in [7, 11) is 1.30. The normalized spacial score (nSPS) is 33.2. The van der Waals surface area contributed by atoms with Crippen LogP contribution in [0.2, 0.25) is 0 Å². The summed E-state index contributed by atoms with van der Waals surface area (Å²) < 4.78 is 33.6. The van der Waals surface area contributed by atoms with E-state index in [-0.39, 0.29) is 6.42 Å². The first-order valence-electron chi connectivity index (χ1n) is 5.41. The highest BCUT2D eigenvalue weighted by atomic mass is 19.3. The van der Waals surface area contributed by atoms with Gasteiger partial charge in [-0.15, -0.1) is 0 Å². The number of hydrogen-bond acceptors (Lipinski definition) is 4. The van der Waals surface area contributed by atoms with Gasteiger partial charge in [-0.2, -0.15) is 8.78 Å². The third kappa shape index (κ3) is 2.07. The Morgan fingerprint density at radius 2 is 2.35 bits per heavy atom. The Labute approximate surface area is 98.2 Å². The summed E-state index contributed by atoms with van der Waals surface area (Å²) >= 11 is 0. The van der Waals surface area contributed by atoms with Crippen molar-refractivity contribution in [2.45, 2.75) is 31.1 Å². The van der Waals surface area contributed by atoms with Crippen molar-refractivity contribution in [2.24, 2.45) is 0 Å². The number of rotatable bonds is 3. The third-order valence-electron chi connectivity index (χ3n) is 3.41. The lowest BCUT2D eigenvalue weighted by Crippen LogP contribution is -2.46. The van der Waals surface area contributed by atoms with Crippen LogP contribution in [-0.4, -0.2) is 49.3 Å². The first-order chi connectivity index (χ1) is 7.98. The van der Waals surface area contributed by atoms with Gasteiger partial charge < -0.3 is 9.47 Å². The maximum Gasteiger partial charge on any atom is 0.345 e. The van der Waals surface area contributed by atoms with Crippen LogP contribution in [0.3, 0.4) is 0 Å². The van der Waals surface area contributed by atoms with Crippen molar-refractivity contribution in [1.29, 1.82) is 0 Å². The van der Waals surface area contributed by atoms with Crippen molar-refractivity contribution in [3.63, 3.8) is 0 Å². The zero-order chi connectivity index (χ0) is 12.6. The monoisotopic (exact) mass is 247 g/mol. The van der Waals surface area contributed by atoms with Crippen LogP contribution in [0.4, 0.5) is 8.78 Å². The van der Waals surface area contributed by atoms with Gasteiger partial charge in [0.25, 0.3) is 0 Å². The number of carbonyl (C=O) groups is 1. The molecule has 0 N–H and O–H groups in total. The number of carbonyl (C=O) groups excluding carboxylic acids is 1. The molecule has 2 aliphatic heterocycles. The van der Waals surface area contributed by atoms with Crippen molar-refractivity contribution in [1.82, 2.24) is 4.90 Å². The Kier molecular flexibility index (Phi) is 3.18. The molecule has 2 aliphatic rings. The second-order valence-electron chi connectivity index (χ2n) is 4.55. The summed E-state index contributed by atoms with van der Waals surface area (Å²) in [6.45, 7) is 1.90. The van der Waals surface area contributed by atoms with E-state index in [1.807, 2.05) is 4.90 Å². The van der Waals surface area contributed by atoms with Crippen LogP contribution in [0.5, 0.6) is 0 Å². The van der Waals surface area contributed by atoms with Gasteiger partial charge in [-0.25, -0.2) is 0 Å². The van der Waals surface area contributed by atoms with Crippen LogP contribution in [0.1, 0.15) is 12.8 Å². The molecule has 0 bridgehead atoms. The average molecular weight is 247 g/mol. The highest BCUT2D eigenvalue weighted by Gasteiger charge is 2.56. The van der Waals surface area contributed by atoms with Crippen LogP contribution in [-0.2, 0) is 14.3 Å². The predicted molar refractivity (Wildman–Crippen MR) is 55.6 cm³/mol. The number of ether oxygens (including phenoxy) is 2. The summed E-state index contributed by atoms with van der Waals surface area (Å²) in [5.41, 5.74) is 0.0803. The van der Waals surface area contributed by atoms with Crippen molar-refractivity contribution >= 4 is 5.97 Å². The second-order valence-corrected chi connectivity index (χ2v) is 4.55. The number of esters is 1. The molecule has 4 nitrogen and oxygen atoms in total. The highest BCUT2D eigenvalue weighted by molar-refractivity contribution is 5.82. The number of hydrogen-bond donors (Lipinski definition) is 0. The van der Waals surface area contributed by atoms with Gasteiger partial charge in [-0.3, -0.25) is 9.69 Å². The van der Waals surface area contributed by atoms with Crippen molar-refractivity contribution in [3.05, 3.63) is 12.2 Å². The van der Waals surface area contributed by atoms with E-state index >= 15 is 0 Å². The highest BCUT2D eigenvalue weighted by Crippen LogP contribution is 2.42. The van der Waals surface area contributed by atoms with E-state index in [9.17, 15) is 13.6 Å². The number of methoxy groups -OCH3 is 1. The van der Waals surface area contributed by atoms with E-state index < -0.39 is 24.2 Å². The molecule has 6 heteroatoms. The fraction of sp³-hybridized carbons (Fsp3) is 0.727. The molecule has 0 aromatic heterocycles. The topological polar surface area (TPSA) is 38.8 Å². The zero-order valence-electron chi connectivity index (χ0n) is 9.62. The second kappa shape index (κ2) is 4.34. The summed E-state index contributed by atoms with van der Waals surface area (Å²) in [5, 5.41) is 0. The molecule has 96 valence electrons. The van der Waals surface area contributed by atoms with Gasteiger partial charge >= 0.3 is 12.6 Å². The Morgan fingerprint density at radius 1 is 1.65 bits per heavy atom. The van der Waals surface area contributed by atoms with Crippen LogP contribution in [0.25, 0.3) is 0 Å². The Balaban J connectivity index is 2.15. The smallest absolute Gasteiger partial charge is 0.345 e. The van der Waals surface area contributed by atoms with Crippen LogP contribution >= 0.6 is 0 Å². The first-order valence-corrected chi connectivity index (χ1v) is 5.41. The minimum atomic E-state index is -2.81. The molecule has 0 aromatic carbocycles. The Morgan fingerprint density at radius 3 is 2.94 bits per heavy atom. The van der Waals surface area contributed by atoms with E-state index in [4.69, 9.17) is 4.74 Å². The summed E-state index contributed by atoms with van der Waals surface area (Å²) in [4.78, 5) is 13.7. The molecule has 0 amide bonds. The van der Waals surface area contributed by atoms with E-state index in [1.165, 1.54) is 7.11 Å². The van der Waals surface area contributed by atoms with Gasteiger partial charge in [0, 0.05) is 19.5 Å². The Bertz CT molecular complexity index is 348. The van der Waals surface area contributed by atoms with Crippen molar-refractivity contribution in [3.8, 4) is 0 Å². The van der Waals surface area contributed by atoms with E-state index in [1.54, 1.807) is 0 Å². The quantitative estimate of drug-likeness (QED) is 0.554. The summed E-state index contributed by atoms with van der Waals surface area (Å²) in [6, 6.07) is 0. The number of alkyl halides is 2. The Hall–Kier alpha value is -1.01.